The molecule has 0 atom stereocenters. The Morgan fingerprint density at radius 2 is 1.73 bits per heavy atom. The highest BCUT2D eigenvalue weighted by molar-refractivity contribution is 14.1. The molecule has 0 amide bonds. The second kappa shape index (κ2) is 5.73. The van der Waals surface area contributed by atoms with Gasteiger partial charge < -0.3 is 14.6 Å². The predicted molar refractivity (Wildman–Crippen MR) is 101 cm³/mol. The third kappa shape index (κ3) is 2.47. The maximum absolute atomic E-state index is 12.5. The molecule has 3 aromatic rings. The van der Waals surface area contributed by atoms with Crippen LogP contribution in [0.3, 0.4) is 0 Å². The molecule has 22 heavy (non-hydrogen) atoms. The zero-order valence-electron chi connectivity index (χ0n) is 11.4. The van der Waals surface area contributed by atoms with Crippen LogP contribution in [0, 0.1) is 14.1 Å². The van der Waals surface area contributed by atoms with Crippen LogP contribution in [0.25, 0.3) is 22.3 Å². The zero-order valence-corrected chi connectivity index (χ0v) is 15.7. The first-order valence-electron chi connectivity index (χ1n) is 6.34. The second-order valence-electron chi connectivity index (χ2n) is 4.82. The van der Waals surface area contributed by atoms with Crippen molar-refractivity contribution in [2.45, 2.75) is 6.92 Å². The van der Waals surface area contributed by atoms with Gasteiger partial charge in [-0.1, -0.05) is 6.07 Å². The van der Waals surface area contributed by atoms with E-state index in [1.807, 2.05) is 45.2 Å². The summed E-state index contributed by atoms with van der Waals surface area (Å²) in [6.07, 6.45) is 0. The average molecular weight is 520 g/mol. The molecule has 0 aliphatic carbocycles. The molecule has 0 fully saturated rings. The van der Waals surface area contributed by atoms with E-state index in [0.717, 1.165) is 0 Å². The molecule has 0 saturated heterocycles. The number of benzene rings is 2. The number of fused-ring (bicyclic) bond motifs is 1. The van der Waals surface area contributed by atoms with Gasteiger partial charge in [0.2, 0.25) is 0 Å². The van der Waals surface area contributed by atoms with E-state index < -0.39 is 0 Å². The summed E-state index contributed by atoms with van der Waals surface area (Å²) in [4.78, 5) is 12.5. The normalized spacial score (nSPS) is 11.0. The van der Waals surface area contributed by atoms with Crippen LogP contribution in [0.4, 0.5) is 0 Å². The molecular formula is C16H10I2O4. The van der Waals surface area contributed by atoms with E-state index in [1.54, 1.807) is 31.2 Å². The maximum Gasteiger partial charge on any atom is 0.199 e. The Morgan fingerprint density at radius 3 is 2.36 bits per heavy atom. The van der Waals surface area contributed by atoms with Gasteiger partial charge in [0.15, 0.2) is 5.43 Å². The van der Waals surface area contributed by atoms with Gasteiger partial charge in [0.1, 0.15) is 28.2 Å². The van der Waals surface area contributed by atoms with E-state index in [-0.39, 0.29) is 22.3 Å². The Balaban J connectivity index is 2.38. The Labute approximate surface area is 153 Å². The monoisotopic (exact) mass is 520 g/mol. The first kappa shape index (κ1) is 15.6. The molecule has 0 radical (unpaired) electrons. The van der Waals surface area contributed by atoms with Crippen molar-refractivity contribution in [3.05, 3.63) is 53.3 Å². The van der Waals surface area contributed by atoms with Crippen LogP contribution in [-0.2, 0) is 0 Å². The van der Waals surface area contributed by atoms with Crippen molar-refractivity contribution in [3.8, 4) is 22.8 Å². The lowest BCUT2D eigenvalue weighted by Gasteiger charge is -2.10. The summed E-state index contributed by atoms with van der Waals surface area (Å²) in [6.45, 7) is 1.67. The number of rotatable bonds is 1. The molecule has 1 aromatic heterocycles. The molecule has 112 valence electrons. The number of halogens is 2. The van der Waals surface area contributed by atoms with Crippen LogP contribution in [0.1, 0.15) is 5.56 Å². The van der Waals surface area contributed by atoms with E-state index >= 15 is 0 Å². The third-order valence-corrected chi connectivity index (χ3v) is 5.05. The highest BCUT2D eigenvalue weighted by Crippen LogP contribution is 2.34. The van der Waals surface area contributed by atoms with Gasteiger partial charge in [-0.05, 0) is 76.4 Å². The molecule has 0 bridgehead atoms. The van der Waals surface area contributed by atoms with E-state index in [4.69, 9.17) is 4.42 Å². The van der Waals surface area contributed by atoms with Crippen molar-refractivity contribution < 1.29 is 14.6 Å². The Hall–Kier alpha value is -1.29. The van der Waals surface area contributed by atoms with Crippen molar-refractivity contribution in [1.82, 2.24) is 0 Å². The Kier molecular flexibility index (Phi) is 4.06. The zero-order chi connectivity index (χ0) is 16.0. The fraction of sp³-hybridized carbons (Fsp3) is 0.0625. The van der Waals surface area contributed by atoms with Crippen molar-refractivity contribution in [2.75, 3.05) is 0 Å². The van der Waals surface area contributed by atoms with Crippen LogP contribution in [-0.4, -0.2) is 10.2 Å². The topological polar surface area (TPSA) is 70.7 Å². The van der Waals surface area contributed by atoms with Crippen molar-refractivity contribution in [1.29, 1.82) is 0 Å². The predicted octanol–water partition coefficient (Wildman–Crippen LogP) is 4.39. The van der Waals surface area contributed by atoms with Crippen LogP contribution in [0.2, 0.25) is 0 Å². The van der Waals surface area contributed by atoms with Gasteiger partial charge in [-0.3, -0.25) is 4.79 Å². The highest BCUT2D eigenvalue weighted by atomic mass is 127. The number of phenols is 2. The van der Waals surface area contributed by atoms with Gasteiger partial charge in [0.05, 0.1) is 7.14 Å². The number of phenolic OH excluding ortho intramolecular Hbond substituents is 2. The molecule has 0 saturated carbocycles. The van der Waals surface area contributed by atoms with Gasteiger partial charge in [0, 0.05) is 11.1 Å². The third-order valence-electron chi connectivity index (χ3n) is 3.40. The van der Waals surface area contributed by atoms with Crippen molar-refractivity contribution in [2.24, 2.45) is 0 Å². The lowest BCUT2D eigenvalue weighted by atomic mass is 10.1. The van der Waals surface area contributed by atoms with Crippen molar-refractivity contribution >= 4 is 56.2 Å². The smallest absolute Gasteiger partial charge is 0.199 e. The fourth-order valence-electron chi connectivity index (χ4n) is 2.28. The number of hydrogen-bond acceptors (Lipinski definition) is 4. The molecule has 2 N–H and O–H groups in total. The minimum absolute atomic E-state index is 0.0873. The second-order valence-corrected chi connectivity index (χ2v) is 7.15. The Bertz CT molecular complexity index is 937. The van der Waals surface area contributed by atoms with Gasteiger partial charge in [-0.25, -0.2) is 0 Å². The van der Waals surface area contributed by atoms with Crippen molar-refractivity contribution in [3.63, 3.8) is 0 Å². The maximum atomic E-state index is 12.5. The standard InChI is InChI=1S/C16H10I2O4/c1-7-14(20)13-11(19)3-2-4-12(13)22-16(7)8-5-9(17)15(21)10(18)6-8/h2-6,19,21H,1H3. The van der Waals surface area contributed by atoms with Crippen LogP contribution >= 0.6 is 45.2 Å². The summed E-state index contributed by atoms with van der Waals surface area (Å²) in [7, 11) is 0. The average Bonchev–Trinajstić information content (AvgIpc) is 2.48. The van der Waals surface area contributed by atoms with E-state index in [2.05, 4.69) is 0 Å². The van der Waals surface area contributed by atoms with Gasteiger partial charge in [-0.15, -0.1) is 0 Å². The highest BCUT2D eigenvalue weighted by Gasteiger charge is 2.17. The van der Waals surface area contributed by atoms with Gasteiger partial charge in [0.25, 0.3) is 0 Å². The van der Waals surface area contributed by atoms with E-state index in [1.165, 1.54) is 6.07 Å². The molecule has 4 nitrogen and oxygen atoms in total. The summed E-state index contributed by atoms with van der Waals surface area (Å²) in [5.41, 5.74) is 1.22. The molecule has 1 heterocycles. The van der Waals surface area contributed by atoms with E-state index in [0.29, 0.717) is 29.6 Å². The molecule has 0 aliphatic heterocycles. The Morgan fingerprint density at radius 1 is 1.09 bits per heavy atom. The van der Waals surface area contributed by atoms with Crippen LogP contribution < -0.4 is 5.43 Å². The van der Waals surface area contributed by atoms with Crippen LogP contribution in [0.5, 0.6) is 11.5 Å². The van der Waals surface area contributed by atoms with Crippen LogP contribution in [0.15, 0.2) is 39.5 Å². The molecular weight excluding hydrogens is 510 g/mol. The number of hydrogen-bond donors (Lipinski definition) is 2. The molecule has 0 spiro atoms. The number of aromatic hydroxyl groups is 2. The van der Waals surface area contributed by atoms with Gasteiger partial charge >= 0.3 is 0 Å². The largest absolute Gasteiger partial charge is 0.507 e. The first-order valence-corrected chi connectivity index (χ1v) is 8.49. The first-order chi connectivity index (χ1) is 10.4. The van der Waals surface area contributed by atoms with Gasteiger partial charge in [-0.2, -0.15) is 0 Å². The lowest BCUT2D eigenvalue weighted by molar-refractivity contribution is 0.467. The van der Waals surface area contributed by atoms with E-state index in [9.17, 15) is 15.0 Å². The summed E-state index contributed by atoms with van der Waals surface area (Å²) >= 11 is 4.06. The SMILES string of the molecule is Cc1c(-c2cc(I)c(O)c(I)c2)oc2cccc(O)c2c1=O. The quantitative estimate of drug-likeness (QED) is 0.468. The molecule has 2 aromatic carbocycles. The summed E-state index contributed by atoms with van der Waals surface area (Å²) in [5.74, 6) is 0.568. The minimum atomic E-state index is -0.257. The molecule has 3 rings (SSSR count). The minimum Gasteiger partial charge on any atom is -0.507 e. The molecule has 6 heteroatoms. The summed E-state index contributed by atoms with van der Waals surface area (Å²) in [6, 6.07) is 8.26. The molecule has 0 unspecified atom stereocenters. The summed E-state index contributed by atoms with van der Waals surface area (Å²) in [5, 5.41) is 19.9. The molecule has 0 aliphatic rings. The fourth-order valence-corrected chi connectivity index (χ4v) is 4.05. The summed E-state index contributed by atoms with van der Waals surface area (Å²) < 4.78 is 7.20. The lowest BCUT2D eigenvalue weighted by Crippen LogP contribution is -2.07.